The Labute approximate surface area is 193 Å². The van der Waals surface area contributed by atoms with Crippen molar-refractivity contribution < 1.29 is 15.6 Å². The van der Waals surface area contributed by atoms with Crippen LogP contribution in [0.4, 0.5) is 0 Å². The number of fused-ring (bicyclic) bond motifs is 2. The van der Waals surface area contributed by atoms with Gasteiger partial charge >= 0.3 is 195 Å². The monoisotopic (exact) mass is 537 g/mol. The summed E-state index contributed by atoms with van der Waals surface area (Å²) < 4.78 is 0.257. The van der Waals surface area contributed by atoms with Crippen LogP contribution in [0.1, 0.15) is 35.1 Å². The predicted octanol–water partition coefficient (Wildman–Crippen LogP) is 8.13. The van der Waals surface area contributed by atoms with Gasteiger partial charge in [-0.15, -0.1) is 0 Å². The molecule has 4 heteroatoms. The van der Waals surface area contributed by atoms with E-state index in [-0.39, 0.29) is 7.25 Å². The van der Waals surface area contributed by atoms with Gasteiger partial charge in [0, 0.05) is 0 Å². The molecule has 2 aliphatic rings. The van der Waals surface area contributed by atoms with Gasteiger partial charge in [0.1, 0.15) is 0 Å². The topological polar surface area (TPSA) is 0 Å². The van der Waals surface area contributed by atoms with Gasteiger partial charge in [-0.1, -0.05) is 0 Å². The Morgan fingerprint density at radius 2 is 1.19 bits per heavy atom. The Morgan fingerprint density at radius 3 is 1.74 bits per heavy atom. The van der Waals surface area contributed by atoms with Crippen molar-refractivity contribution in [1.82, 2.24) is 0 Å². The molecule has 2 aliphatic carbocycles. The van der Waals surface area contributed by atoms with Crippen molar-refractivity contribution in [3.63, 3.8) is 0 Å². The fraction of sp³-hybridized carbons (Fsp3) is 0.111. The van der Waals surface area contributed by atoms with Crippen LogP contribution in [0.3, 0.4) is 0 Å². The zero-order valence-electron chi connectivity index (χ0n) is 17.5. The Bertz CT molecular complexity index is 1150. The molecular formula is C27H25Cl2SiZr. The van der Waals surface area contributed by atoms with Crippen LogP contribution in [0.25, 0.3) is 18.2 Å². The van der Waals surface area contributed by atoms with Gasteiger partial charge in [0.25, 0.3) is 0 Å². The minimum absolute atomic E-state index is 0.129. The van der Waals surface area contributed by atoms with Crippen LogP contribution in [0.2, 0.25) is 6.55 Å². The predicted molar refractivity (Wildman–Crippen MR) is 137 cm³/mol. The zero-order valence-corrected chi connectivity index (χ0v) is 22.6. The molecule has 155 valence electrons. The molecule has 0 N–H and O–H groups in total. The summed E-state index contributed by atoms with van der Waals surface area (Å²) >= 11 is -4.51. The maximum atomic E-state index is 8.06. The molecule has 0 aromatic heterocycles. The molecule has 0 saturated carbocycles. The van der Waals surface area contributed by atoms with Gasteiger partial charge < -0.3 is 0 Å². The van der Waals surface area contributed by atoms with Gasteiger partial charge in [-0.25, -0.2) is 0 Å². The average Bonchev–Trinajstić information content (AvgIpc) is 3.44. The molecule has 0 saturated heterocycles. The van der Waals surface area contributed by atoms with Gasteiger partial charge in [-0.3, -0.25) is 0 Å². The second-order valence-corrected chi connectivity index (χ2v) is 49.3. The molecule has 0 radical (unpaired) electrons. The second-order valence-electron chi connectivity index (χ2n) is 8.72. The van der Waals surface area contributed by atoms with E-state index in [1.54, 1.807) is 0 Å². The molecule has 5 rings (SSSR count). The van der Waals surface area contributed by atoms with Gasteiger partial charge in [0.05, 0.1) is 0 Å². The summed E-state index contributed by atoms with van der Waals surface area (Å²) in [7, 11) is 16.1. The summed E-state index contributed by atoms with van der Waals surface area (Å²) in [5.74, 6) is -1.68. The van der Waals surface area contributed by atoms with Crippen molar-refractivity contribution in [3.05, 3.63) is 125 Å². The van der Waals surface area contributed by atoms with Crippen LogP contribution in [0.5, 0.6) is 0 Å². The molecule has 0 amide bonds. The van der Waals surface area contributed by atoms with Gasteiger partial charge in [0.2, 0.25) is 0 Å². The Hall–Kier alpha value is -1.44. The Morgan fingerprint density at radius 1 is 0.710 bits per heavy atom. The first kappa shape index (κ1) is 21.4. The number of allylic oxidation sites excluding steroid dienone is 2. The Kier molecular flexibility index (Phi) is 5.64. The van der Waals surface area contributed by atoms with Crippen LogP contribution < -0.4 is 0 Å². The third kappa shape index (κ3) is 3.53. The van der Waals surface area contributed by atoms with Crippen molar-refractivity contribution in [3.8, 4) is 0 Å². The Balaban J connectivity index is 1.66. The molecule has 3 atom stereocenters. The molecule has 3 unspecified atom stereocenters. The van der Waals surface area contributed by atoms with E-state index < -0.39 is 21.5 Å². The van der Waals surface area contributed by atoms with Gasteiger partial charge in [-0.05, 0) is 0 Å². The molecule has 0 fully saturated rings. The van der Waals surface area contributed by atoms with Crippen LogP contribution in [0, 0.1) is 0 Å². The van der Waals surface area contributed by atoms with E-state index in [9.17, 15) is 0 Å². The normalized spacial score (nSPS) is 21.6. The van der Waals surface area contributed by atoms with Gasteiger partial charge in [0.15, 0.2) is 0 Å². The number of benzene rings is 3. The molecule has 31 heavy (non-hydrogen) atoms. The molecule has 0 nitrogen and oxygen atoms in total. The summed E-state index contributed by atoms with van der Waals surface area (Å²) in [6, 6.07) is 27.7. The molecular weight excluding hydrogens is 515 g/mol. The van der Waals surface area contributed by atoms with Crippen LogP contribution in [0.15, 0.2) is 96.7 Å². The van der Waals surface area contributed by atoms with E-state index in [0.29, 0.717) is 0 Å². The van der Waals surface area contributed by atoms with Gasteiger partial charge in [-0.2, -0.15) is 0 Å². The van der Waals surface area contributed by atoms with Crippen LogP contribution in [-0.2, 0) is 15.6 Å². The maximum absolute atomic E-state index is 8.06. The second kappa shape index (κ2) is 8.16. The average molecular weight is 540 g/mol. The van der Waals surface area contributed by atoms with Crippen molar-refractivity contribution in [2.24, 2.45) is 0 Å². The third-order valence-corrected chi connectivity index (χ3v) is 54.1. The molecule has 0 heterocycles. The number of rotatable bonds is 5. The van der Waals surface area contributed by atoms with Crippen molar-refractivity contribution in [2.75, 3.05) is 0 Å². The first-order chi connectivity index (χ1) is 15.0. The molecule has 0 spiro atoms. The fourth-order valence-electron chi connectivity index (χ4n) is 5.22. The quantitative estimate of drug-likeness (QED) is 0.287. The summed E-state index contributed by atoms with van der Waals surface area (Å²) in [5.41, 5.74) is 8.74. The van der Waals surface area contributed by atoms with Crippen LogP contribution in [-0.4, -0.2) is 5.92 Å². The molecule has 3 aromatic rings. The summed E-state index contributed by atoms with van der Waals surface area (Å²) in [6.07, 6.45) is 11.3. The van der Waals surface area contributed by atoms with Crippen LogP contribution >= 0.6 is 17.0 Å². The van der Waals surface area contributed by atoms with E-state index in [1.807, 2.05) is 6.07 Å². The summed E-state index contributed by atoms with van der Waals surface area (Å²) in [6.45, 7) is 2.37. The fourth-order valence-corrected chi connectivity index (χ4v) is 37.0. The number of hydrogen-bond acceptors (Lipinski definition) is 0. The first-order valence-corrected chi connectivity index (χ1v) is 26.7. The van der Waals surface area contributed by atoms with E-state index in [0.717, 1.165) is 0 Å². The van der Waals surface area contributed by atoms with Crippen molar-refractivity contribution in [2.45, 2.75) is 13.8 Å². The number of halogens is 2. The standard InChI is InChI=1S/C9H11Si.2C9H7.2ClH.Zr/c1-10-8-7-9-5-3-2-4-6-9;2*1-2-5-9-7-3-6-8(9)4-1;;;/h2-8,10H,1H3;2*1-7H;2*1H;/q;;;;;+2/p-2. The summed E-state index contributed by atoms with van der Waals surface area (Å²) in [4.78, 5) is 0. The van der Waals surface area contributed by atoms with E-state index in [2.05, 4.69) is 115 Å². The van der Waals surface area contributed by atoms with Crippen molar-refractivity contribution >= 4 is 41.2 Å². The van der Waals surface area contributed by atoms with Crippen molar-refractivity contribution in [1.29, 1.82) is 0 Å². The third-order valence-electron chi connectivity index (χ3n) is 7.03. The summed E-state index contributed by atoms with van der Waals surface area (Å²) in [5, 5.41) is 0. The van der Waals surface area contributed by atoms with E-state index in [1.165, 1.54) is 27.8 Å². The number of hydrogen-bond donors (Lipinski definition) is 0. The molecule has 0 bridgehead atoms. The SMILES string of the molecule is C[SiH](C=Cc1ccccc1)[Zr]([Cl])([Cl])([CH]1C=Cc2ccccc21)[CH]1C=Cc2ccccc21. The first-order valence-electron chi connectivity index (χ1n) is 10.8. The molecule has 3 aromatic carbocycles. The molecule has 0 aliphatic heterocycles. The van der Waals surface area contributed by atoms with E-state index >= 15 is 0 Å². The minimum atomic E-state index is -4.51. The van der Waals surface area contributed by atoms with E-state index in [4.69, 9.17) is 17.0 Å². The zero-order chi connectivity index (χ0) is 21.5.